The van der Waals surface area contributed by atoms with Gasteiger partial charge in [-0.25, -0.2) is 9.59 Å². The van der Waals surface area contributed by atoms with E-state index in [0.29, 0.717) is 16.8 Å². The Morgan fingerprint density at radius 1 is 1.06 bits per heavy atom. The second kappa shape index (κ2) is 10.7. The van der Waals surface area contributed by atoms with Crippen molar-refractivity contribution in [2.24, 2.45) is 0 Å². The van der Waals surface area contributed by atoms with Gasteiger partial charge in [0.2, 0.25) is 0 Å². The molecule has 7 nitrogen and oxygen atoms in total. The number of anilines is 1. The highest BCUT2D eigenvalue weighted by atomic mass is 19.4. The van der Waals surface area contributed by atoms with Crippen molar-refractivity contribution in [2.75, 3.05) is 5.32 Å². The van der Waals surface area contributed by atoms with Gasteiger partial charge in [-0.15, -0.1) is 13.2 Å². The lowest BCUT2D eigenvalue weighted by Crippen LogP contribution is -2.29. The van der Waals surface area contributed by atoms with Gasteiger partial charge in [-0.1, -0.05) is 24.3 Å². The number of carboxylic acids is 1. The first-order chi connectivity index (χ1) is 14.5. The van der Waals surface area contributed by atoms with E-state index >= 15 is 0 Å². The molecule has 0 heterocycles. The lowest BCUT2D eigenvalue weighted by atomic mass is 10.1. The zero-order chi connectivity index (χ0) is 23.0. The summed E-state index contributed by atoms with van der Waals surface area (Å²) in [5, 5.41) is 11.8. The maximum absolute atomic E-state index is 12.2. The molecular weight excluding hydrogens is 419 g/mol. The van der Waals surface area contributed by atoms with Crippen LogP contribution >= 0.6 is 0 Å². The average molecular weight is 441 g/mol. The maximum atomic E-state index is 12.2. The highest BCUT2D eigenvalue weighted by Gasteiger charge is 2.31. The van der Waals surface area contributed by atoms with Crippen molar-refractivity contribution in [3.05, 3.63) is 59.7 Å². The summed E-state index contributed by atoms with van der Waals surface area (Å²) < 4.78 is 50.7. The van der Waals surface area contributed by atoms with Gasteiger partial charge in [0.25, 0.3) is 0 Å². The van der Waals surface area contributed by atoms with Crippen LogP contribution in [-0.2, 0) is 27.3 Å². The summed E-state index contributed by atoms with van der Waals surface area (Å²) in [4.78, 5) is 23.3. The molecule has 2 N–H and O–H groups in total. The standard InChI is InChI=1S/C21H22F3NO6/c1-13(2)30-18(19(26)27)11-15-4-3-5-16(10-15)25-20(28)29-12-14-6-8-17(9-7-14)31-21(22,23)24/h3-10,13,18H,11-12H2,1-2H3,(H,25,28)(H,26,27). The van der Waals surface area contributed by atoms with Gasteiger partial charge < -0.3 is 19.3 Å². The van der Waals surface area contributed by atoms with Crippen molar-refractivity contribution in [2.45, 2.75) is 45.4 Å². The Kier molecular flexibility index (Phi) is 8.26. The van der Waals surface area contributed by atoms with Crippen molar-refractivity contribution in [3.63, 3.8) is 0 Å². The number of benzene rings is 2. The Hall–Kier alpha value is -3.27. The van der Waals surface area contributed by atoms with E-state index in [4.69, 9.17) is 9.47 Å². The fourth-order valence-electron chi connectivity index (χ4n) is 2.60. The van der Waals surface area contributed by atoms with Crippen LogP contribution in [0.2, 0.25) is 0 Å². The summed E-state index contributed by atoms with van der Waals surface area (Å²) in [7, 11) is 0. The average Bonchev–Trinajstić information content (AvgIpc) is 2.65. The molecule has 0 bridgehead atoms. The minimum Gasteiger partial charge on any atom is -0.479 e. The normalized spacial score (nSPS) is 12.3. The molecule has 1 amide bonds. The number of hydrogen-bond acceptors (Lipinski definition) is 5. The topological polar surface area (TPSA) is 94.1 Å². The van der Waals surface area contributed by atoms with Gasteiger partial charge in [-0.3, -0.25) is 5.32 Å². The number of halogens is 3. The third kappa shape index (κ3) is 8.95. The molecule has 168 valence electrons. The molecule has 0 aromatic heterocycles. The molecule has 2 aromatic carbocycles. The molecule has 0 saturated heterocycles. The molecule has 0 aliphatic rings. The first kappa shape index (κ1) is 24.0. The van der Waals surface area contributed by atoms with Crippen LogP contribution in [0.4, 0.5) is 23.7 Å². The lowest BCUT2D eigenvalue weighted by molar-refractivity contribution is -0.274. The van der Waals surface area contributed by atoms with Crippen molar-refractivity contribution in [1.82, 2.24) is 0 Å². The molecule has 1 atom stereocenters. The quantitative estimate of drug-likeness (QED) is 0.583. The number of carbonyl (C=O) groups excluding carboxylic acids is 1. The smallest absolute Gasteiger partial charge is 0.479 e. The van der Waals surface area contributed by atoms with Gasteiger partial charge >= 0.3 is 18.4 Å². The molecule has 2 rings (SSSR count). The van der Waals surface area contributed by atoms with Crippen molar-refractivity contribution >= 4 is 17.7 Å². The highest BCUT2D eigenvalue weighted by molar-refractivity contribution is 5.84. The Balaban J connectivity index is 1.89. The van der Waals surface area contributed by atoms with E-state index in [1.165, 1.54) is 12.1 Å². The summed E-state index contributed by atoms with van der Waals surface area (Å²) in [6, 6.07) is 11.5. The third-order valence-corrected chi connectivity index (χ3v) is 3.83. The van der Waals surface area contributed by atoms with Crippen LogP contribution in [-0.4, -0.2) is 35.7 Å². The van der Waals surface area contributed by atoms with Crippen LogP contribution in [0, 0.1) is 0 Å². The Morgan fingerprint density at radius 2 is 1.74 bits per heavy atom. The third-order valence-electron chi connectivity index (χ3n) is 3.83. The zero-order valence-corrected chi connectivity index (χ0v) is 16.8. The summed E-state index contributed by atoms with van der Waals surface area (Å²) >= 11 is 0. The minimum atomic E-state index is -4.78. The van der Waals surface area contributed by atoms with Gasteiger partial charge in [0.1, 0.15) is 12.4 Å². The van der Waals surface area contributed by atoms with E-state index in [1.807, 2.05) is 0 Å². The van der Waals surface area contributed by atoms with Gasteiger partial charge in [0, 0.05) is 12.1 Å². The fraction of sp³-hybridized carbons (Fsp3) is 0.333. The van der Waals surface area contributed by atoms with Crippen molar-refractivity contribution in [1.29, 1.82) is 0 Å². The summed E-state index contributed by atoms with van der Waals surface area (Å²) in [6.07, 6.45) is -6.72. The molecule has 0 saturated carbocycles. The molecule has 0 fully saturated rings. The van der Waals surface area contributed by atoms with E-state index in [0.717, 1.165) is 12.1 Å². The van der Waals surface area contributed by atoms with E-state index in [-0.39, 0.29) is 24.9 Å². The van der Waals surface area contributed by atoms with Crippen molar-refractivity contribution < 1.29 is 42.1 Å². The molecule has 0 aliphatic heterocycles. The zero-order valence-electron chi connectivity index (χ0n) is 16.8. The summed E-state index contributed by atoms with van der Waals surface area (Å²) in [5.41, 5.74) is 1.50. The molecular formula is C21H22F3NO6. The van der Waals surface area contributed by atoms with Gasteiger partial charge in [-0.2, -0.15) is 0 Å². The molecule has 0 aliphatic carbocycles. The first-order valence-electron chi connectivity index (χ1n) is 9.27. The molecule has 31 heavy (non-hydrogen) atoms. The predicted octanol–water partition coefficient (Wildman–Crippen LogP) is 4.75. The van der Waals surface area contributed by atoms with E-state index in [1.54, 1.807) is 38.1 Å². The molecule has 0 spiro atoms. The van der Waals surface area contributed by atoms with Crippen LogP contribution < -0.4 is 10.1 Å². The number of hydrogen-bond donors (Lipinski definition) is 2. The van der Waals surface area contributed by atoms with Crippen LogP contribution in [0.1, 0.15) is 25.0 Å². The van der Waals surface area contributed by atoms with Crippen molar-refractivity contribution in [3.8, 4) is 5.75 Å². The molecule has 10 heteroatoms. The highest BCUT2D eigenvalue weighted by Crippen LogP contribution is 2.23. The molecule has 1 unspecified atom stereocenters. The number of carbonyl (C=O) groups is 2. The maximum Gasteiger partial charge on any atom is 0.573 e. The van der Waals surface area contributed by atoms with Crippen LogP contribution in [0.25, 0.3) is 0 Å². The Labute approximate surface area is 176 Å². The number of amides is 1. The van der Waals surface area contributed by atoms with Gasteiger partial charge in [-0.05, 0) is 49.2 Å². The Bertz CT molecular complexity index is 883. The van der Waals surface area contributed by atoms with Gasteiger partial charge in [0.15, 0.2) is 6.10 Å². The Morgan fingerprint density at radius 3 is 2.32 bits per heavy atom. The second-order valence-electron chi connectivity index (χ2n) is 6.81. The monoisotopic (exact) mass is 441 g/mol. The number of aliphatic carboxylic acids is 1. The SMILES string of the molecule is CC(C)OC(Cc1cccc(NC(=O)OCc2ccc(OC(F)(F)F)cc2)c1)C(=O)O. The van der Waals surface area contributed by atoms with Gasteiger partial charge in [0.05, 0.1) is 6.10 Å². The minimum absolute atomic E-state index is 0.116. The van der Waals surface area contributed by atoms with Crippen LogP contribution in [0.15, 0.2) is 48.5 Å². The van der Waals surface area contributed by atoms with Crippen LogP contribution in [0.3, 0.4) is 0 Å². The number of alkyl halides is 3. The molecule has 0 radical (unpaired) electrons. The number of rotatable bonds is 9. The number of ether oxygens (including phenoxy) is 3. The second-order valence-corrected chi connectivity index (χ2v) is 6.81. The summed E-state index contributed by atoms with van der Waals surface area (Å²) in [6.45, 7) is 3.31. The number of carboxylic acid groups (broad SMARTS) is 1. The largest absolute Gasteiger partial charge is 0.573 e. The lowest BCUT2D eigenvalue weighted by Gasteiger charge is -2.17. The van der Waals surface area contributed by atoms with Crippen LogP contribution in [0.5, 0.6) is 5.75 Å². The molecule has 2 aromatic rings. The van der Waals surface area contributed by atoms with E-state index < -0.39 is 24.5 Å². The fourth-order valence-corrected chi connectivity index (χ4v) is 2.60. The summed E-state index contributed by atoms with van der Waals surface area (Å²) in [5.74, 6) is -1.46. The number of nitrogens with one attached hydrogen (secondary N) is 1. The van der Waals surface area contributed by atoms with E-state index in [9.17, 15) is 27.9 Å². The first-order valence-corrected chi connectivity index (χ1v) is 9.27. The van der Waals surface area contributed by atoms with E-state index in [2.05, 4.69) is 10.1 Å². The predicted molar refractivity (Wildman–Crippen MR) is 105 cm³/mol.